The summed E-state index contributed by atoms with van der Waals surface area (Å²) in [6.45, 7) is 5.87. The third-order valence-corrected chi connectivity index (χ3v) is 4.06. The van der Waals surface area contributed by atoms with Crippen molar-refractivity contribution in [2.45, 2.75) is 37.9 Å². The Bertz CT molecular complexity index is 243. The van der Waals surface area contributed by atoms with Gasteiger partial charge >= 0.3 is 0 Å². The fourth-order valence-corrected chi connectivity index (χ4v) is 2.93. The van der Waals surface area contributed by atoms with Gasteiger partial charge < -0.3 is 15.3 Å². The summed E-state index contributed by atoms with van der Waals surface area (Å²) >= 11 is 0. The Morgan fingerprint density at radius 2 is 2.06 bits per heavy atom. The predicted molar refractivity (Wildman–Crippen MR) is 70.1 cm³/mol. The summed E-state index contributed by atoms with van der Waals surface area (Å²) in [5, 5.41) is 12.9. The highest BCUT2D eigenvalue weighted by Gasteiger charge is 2.33. The zero-order valence-electron chi connectivity index (χ0n) is 11.4. The van der Waals surface area contributed by atoms with Crippen LogP contribution in [0.4, 0.5) is 0 Å². The van der Waals surface area contributed by atoms with Gasteiger partial charge in [-0.3, -0.25) is 4.90 Å². The van der Waals surface area contributed by atoms with E-state index in [1.54, 1.807) is 0 Å². The lowest BCUT2D eigenvalue weighted by Gasteiger charge is -2.24. The number of hydrogen-bond donors (Lipinski definition) is 2. The van der Waals surface area contributed by atoms with Gasteiger partial charge in [-0.1, -0.05) is 6.92 Å². The fraction of sp³-hybridized carbons (Fsp3) is 1.00. The number of nitrogens with zero attached hydrogens (tertiary/aromatic N) is 2. The van der Waals surface area contributed by atoms with E-state index in [9.17, 15) is 5.11 Å². The van der Waals surface area contributed by atoms with E-state index in [1.807, 2.05) is 0 Å². The monoisotopic (exact) mass is 241 g/mol. The largest absolute Gasteiger partial charge is 0.395 e. The highest BCUT2D eigenvalue weighted by atomic mass is 16.3. The lowest BCUT2D eigenvalue weighted by molar-refractivity contribution is 0.189. The molecule has 0 aromatic rings. The smallest absolute Gasteiger partial charge is 0.0597 e. The summed E-state index contributed by atoms with van der Waals surface area (Å²) < 4.78 is 0. The molecule has 1 aliphatic carbocycles. The third kappa shape index (κ3) is 3.65. The molecule has 0 aromatic heterocycles. The van der Waals surface area contributed by atoms with E-state index in [4.69, 9.17) is 0 Å². The minimum absolute atomic E-state index is 0.258. The van der Waals surface area contributed by atoms with Gasteiger partial charge in [0.25, 0.3) is 0 Å². The van der Waals surface area contributed by atoms with Gasteiger partial charge in [0.2, 0.25) is 0 Å². The molecule has 0 amide bonds. The van der Waals surface area contributed by atoms with E-state index >= 15 is 0 Å². The lowest BCUT2D eigenvalue weighted by Crippen LogP contribution is -2.44. The standard InChI is InChI=1S/C13H27N3O/c1-10-6-16(8-13(10)15(2)3)7-12(9-17)14-11-4-5-11/h10-14,17H,4-9H2,1-3H3. The minimum Gasteiger partial charge on any atom is -0.395 e. The van der Waals surface area contributed by atoms with Crippen LogP contribution < -0.4 is 5.32 Å². The second-order valence-corrected chi connectivity index (χ2v) is 6.05. The van der Waals surface area contributed by atoms with Gasteiger partial charge in [0.1, 0.15) is 0 Å². The van der Waals surface area contributed by atoms with Crippen LogP contribution in [0.5, 0.6) is 0 Å². The number of nitrogens with one attached hydrogen (secondary N) is 1. The zero-order chi connectivity index (χ0) is 12.4. The van der Waals surface area contributed by atoms with E-state index in [1.165, 1.54) is 12.8 Å². The molecule has 4 nitrogen and oxygen atoms in total. The average Bonchev–Trinajstić information content (AvgIpc) is 3.00. The van der Waals surface area contributed by atoms with Crippen molar-refractivity contribution in [3.05, 3.63) is 0 Å². The van der Waals surface area contributed by atoms with E-state index in [0.29, 0.717) is 12.1 Å². The van der Waals surface area contributed by atoms with Crippen LogP contribution >= 0.6 is 0 Å². The molecule has 2 fully saturated rings. The first-order chi connectivity index (χ1) is 8.10. The molecule has 0 spiro atoms. The molecule has 2 aliphatic rings. The number of likely N-dealkylation sites (N-methyl/N-ethyl adjacent to an activating group) is 1. The number of likely N-dealkylation sites (tertiary alicyclic amines) is 1. The summed E-state index contributed by atoms with van der Waals surface area (Å²) in [7, 11) is 4.33. The molecule has 100 valence electrons. The summed E-state index contributed by atoms with van der Waals surface area (Å²) in [6, 6.07) is 1.60. The van der Waals surface area contributed by atoms with Crippen LogP contribution in [0.3, 0.4) is 0 Å². The van der Waals surface area contributed by atoms with Crippen molar-refractivity contribution in [1.82, 2.24) is 15.1 Å². The molecular weight excluding hydrogens is 214 g/mol. The summed E-state index contributed by atoms with van der Waals surface area (Å²) in [6.07, 6.45) is 2.57. The molecule has 1 aliphatic heterocycles. The molecule has 2 N–H and O–H groups in total. The maximum Gasteiger partial charge on any atom is 0.0597 e. The summed E-state index contributed by atoms with van der Waals surface area (Å²) in [5.41, 5.74) is 0. The van der Waals surface area contributed by atoms with Crippen molar-refractivity contribution in [3.63, 3.8) is 0 Å². The van der Waals surface area contributed by atoms with Crippen LogP contribution in [0.25, 0.3) is 0 Å². The van der Waals surface area contributed by atoms with Gasteiger partial charge in [-0.2, -0.15) is 0 Å². The van der Waals surface area contributed by atoms with Crippen molar-refractivity contribution in [3.8, 4) is 0 Å². The van der Waals surface area contributed by atoms with Gasteiger partial charge in [-0.25, -0.2) is 0 Å². The van der Waals surface area contributed by atoms with Crippen LogP contribution in [0.15, 0.2) is 0 Å². The van der Waals surface area contributed by atoms with E-state index < -0.39 is 0 Å². The SMILES string of the molecule is CC1CN(CC(CO)NC2CC2)CC1N(C)C. The zero-order valence-corrected chi connectivity index (χ0v) is 11.4. The van der Waals surface area contributed by atoms with Crippen molar-refractivity contribution < 1.29 is 5.11 Å². The second kappa shape index (κ2) is 5.65. The maximum atomic E-state index is 9.40. The average molecular weight is 241 g/mol. The Morgan fingerprint density at radius 3 is 2.53 bits per heavy atom. The lowest BCUT2D eigenvalue weighted by atomic mass is 10.1. The van der Waals surface area contributed by atoms with E-state index in [0.717, 1.165) is 25.6 Å². The fourth-order valence-electron chi connectivity index (χ4n) is 2.93. The van der Waals surface area contributed by atoms with Crippen molar-refractivity contribution in [1.29, 1.82) is 0 Å². The van der Waals surface area contributed by atoms with Gasteiger partial charge in [-0.05, 0) is 32.9 Å². The normalized spacial score (nSPS) is 32.3. The van der Waals surface area contributed by atoms with Gasteiger partial charge in [0, 0.05) is 37.8 Å². The summed E-state index contributed by atoms with van der Waals surface area (Å²) in [5.74, 6) is 0.727. The van der Waals surface area contributed by atoms with Gasteiger partial charge in [-0.15, -0.1) is 0 Å². The molecular formula is C13H27N3O. The number of aliphatic hydroxyl groups is 1. The molecule has 17 heavy (non-hydrogen) atoms. The van der Waals surface area contributed by atoms with Crippen molar-refractivity contribution in [2.75, 3.05) is 40.3 Å². The Balaban J connectivity index is 1.78. The minimum atomic E-state index is 0.258. The molecule has 1 heterocycles. The second-order valence-electron chi connectivity index (χ2n) is 6.05. The Hall–Kier alpha value is -0.160. The molecule has 4 heteroatoms. The van der Waals surface area contributed by atoms with Crippen LogP contribution in [-0.4, -0.2) is 73.4 Å². The molecule has 3 unspecified atom stereocenters. The van der Waals surface area contributed by atoms with Crippen LogP contribution in [0.2, 0.25) is 0 Å². The number of aliphatic hydroxyl groups excluding tert-OH is 1. The van der Waals surface area contributed by atoms with Gasteiger partial charge in [0.05, 0.1) is 6.61 Å². The Morgan fingerprint density at radius 1 is 1.35 bits per heavy atom. The highest BCUT2D eigenvalue weighted by Crippen LogP contribution is 2.22. The first-order valence-electron chi connectivity index (χ1n) is 6.86. The molecule has 1 saturated carbocycles. The van der Waals surface area contributed by atoms with Crippen LogP contribution in [-0.2, 0) is 0 Å². The molecule has 1 saturated heterocycles. The molecule has 0 aromatic carbocycles. The number of hydrogen-bond acceptors (Lipinski definition) is 4. The molecule has 3 atom stereocenters. The topological polar surface area (TPSA) is 38.7 Å². The van der Waals surface area contributed by atoms with E-state index in [2.05, 4.69) is 36.1 Å². The quantitative estimate of drug-likeness (QED) is 0.686. The highest BCUT2D eigenvalue weighted by molar-refractivity contribution is 4.90. The molecule has 0 bridgehead atoms. The third-order valence-electron chi connectivity index (χ3n) is 4.06. The maximum absolute atomic E-state index is 9.40. The number of rotatable bonds is 6. The van der Waals surface area contributed by atoms with Crippen molar-refractivity contribution >= 4 is 0 Å². The molecule has 2 rings (SSSR count). The first kappa shape index (κ1) is 13.3. The Kier molecular flexibility index (Phi) is 4.42. The summed E-state index contributed by atoms with van der Waals surface area (Å²) in [4.78, 5) is 4.82. The molecule has 0 radical (unpaired) electrons. The van der Waals surface area contributed by atoms with Crippen LogP contribution in [0.1, 0.15) is 19.8 Å². The van der Waals surface area contributed by atoms with Crippen molar-refractivity contribution in [2.24, 2.45) is 5.92 Å². The van der Waals surface area contributed by atoms with Gasteiger partial charge in [0.15, 0.2) is 0 Å². The van der Waals surface area contributed by atoms with Crippen LogP contribution in [0, 0.1) is 5.92 Å². The van der Waals surface area contributed by atoms with E-state index in [-0.39, 0.29) is 12.6 Å². The first-order valence-corrected chi connectivity index (χ1v) is 6.86. The predicted octanol–water partition coefficient (Wildman–Crippen LogP) is -0.0188. The Labute approximate surface area is 105 Å².